The average Bonchev–Trinajstić information content (AvgIpc) is 2.78. The van der Waals surface area contributed by atoms with Crippen molar-refractivity contribution < 1.29 is 23.8 Å². The fourth-order valence-electron chi connectivity index (χ4n) is 4.34. The number of carboxylic acids is 1. The van der Waals surface area contributed by atoms with Gasteiger partial charge < -0.3 is 24.4 Å². The van der Waals surface area contributed by atoms with Crippen LogP contribution in [-0.4, -0.2) is 24.5 Å². The Hall–Kier alpha value is -2.83. The van der Waals surface area contributed by atoms with Crippen molar-refractivity contribution in [3.05, 3.63) is 39.7 Å². The molecule has 1 aliphatic rings. The van der Waals surface area contributed by atoms with Crippen LogP contribution < -0.4 is 20.8 Å². The summed E-state index contributed by atoms with van der Waals surface area (Å²) in [6.45, 7) is 6.11. The first-order valence-electron chi connectivity index (χ1n) is 11.5. The molecule has 1 aromatic carbocycles. The van der Waals surface area contributed by atoms with Crippen molar-refractivity contribution >= 4 is 22.8 Å². The lowest BCUT2D eigenvalue weighted by Gasteiger charge is -2.29. The predicted molar refractivity (Wildman–Crippen MR) is 119 cm³/mol. The zero-order chi connectivity index (χ0) is 23.3. The maximum Gasteiger partial charge on any atom is 0.336 e. The van der Waals surface area contributed by atoms with E-state index < -0.39 is 12.1 Å². The number of fused-ring (bicyclic) bond motifs is 1. The summed E-state index contributed by atoms with van der Waals surface area (Å²) in [4.78, 5) is 35.6. The second kappa shape index (κ2) is 10.7. The number of carboxylic acid groups (broad SMARTS) is 1. The molecule has 3 rings (SSSR count). The van der Waals surface area contributed by atoms with E-state index in [1.165, 1.54) is 0 Å². The molecule has 0 unspecified atom stereocenters. The second-order valence-electron chi connectivity index (χ2n) is 8.80. The summed E-state index contributed by atoms with van der Waals surface area (Å²) < 4.78 is 11.4. The number of carbonyl (C=O) groups excluding carboxylic acids is 2. The maximum atomic E-state index is 12.6. The molecule has 174 valence electrons. The Morgan fingerprint density at radius 2 is 1.97 bits per heavy atom. The number of rotatable bonds is 9. The van der Waals surface area contributed by atoms with Gasteiger partial charge in [-0.25, -0.2) is 4.79 Å². The lowest BCUT2D eigenvalue weighted by Crippen LogP contribution is -2.40. The fraction of sp³-hybridized carbons (Fsp3) is 0.560. The molecule has 1 heterocycles. The van der Waals surface area contributed by atoms with Crippen LogP contribution in [0, 0.1) is 18.8 Å². The average molecular weight is 443 g/mol. The highest BCUT2D eigenvalue weighted by Crippen LogP contribution is 2.30. The minimum Gasteiger partial charge on any atom is -0.550 e. The van der Waals surface area contributed by atoms with E-state index in [1.807, 2.05) is 19.1 Å². The van der Waals surface area contributed by atoms with Crippen LogP contribution in [0.4, 0.5) is 0 Å². The van der Waals surface area contributed by atoms with E-state index in [-0.39, 0.29) is 23.4 Å². The highest BCUT2D eigenvalue weighted by Gasteiger charge is 2.24. The molecule has 1 N–H and O–H groups in total. The van der Waals surface area contributed by atoms with Crippen LogP contribution in [0.15, 0.2) is 27.4 Å². The van der Waals surface area contributed by atoms with Crippen LogP contribution >= 0.6 is 0 Å². The molecule has 7 heteroatoms. The van der Waals surface area contributed by atoms with E-state index >= 15 is 0 Å². The molecule has 1 fully saturated rings. The first-order valence-corrected chi connectivity index (χ1v) is 11.5. The van der Waals surface area contributed by atoms with Gasteiger partial charge >= 0.3 is 5.63 Å². The molecule has 1 saturated carbocycles. The van der Waals surface area contributed by atoms with Gasteiger partial charge in [-0.2, -0.15) is 0 Å². The van der Waals surface area contributed by atoms with Gasteiger partial charge in [0.2, 0.25) is 0 Å². The summed E-state index contributed by atoms with van der Waals surface area (Å²) in [6.07, 6.45) is 4.82. The molecule has 1 aromatic heterocycles. The number of aryl methyl sites for hydroxylation is 2. The Labute approximate surface area is 188 Å². The molecule has 2 aromatic rings. The third kappa shape index (κ3) is 5.69. The van der Waals surface area contributed by atoms with Crippen molar-refractivity contribution in [1.29, 1.82) is 0 Å². The van der Waals surface area contributed by atoms with E-state index in [4.69, 9.17) is 9.15 Å². The van der Waals surface area contributed by atoms with Crippen molar-refractivity contribution in [3.63, 3.8) is 0 Å². The summed E-state index contributed by atoms with van der Waals surface area (Å²) in [7, 11) is 0. The van der Waals surface area contributed by atoms with Crippen LogP contribution in [0.3, 0.4) is 0 Å². The lowest BCUT2D eigenvalue weighted by molar-refractivity contribution is -0.312. The molecule has 1 aliphatic carbocycles. The fourth-order valence-corrected chi connectivity index (χ4v) is 4.34. The number of unbranched alkanes of at least 4 members (excludes halogenated alkanes) is 1. The van der Waals surface area contributed by atoms with Crippen LogP contribution in [0.1, 0.15) is 63.5 Å². The summed E-state index contributed by atoms with van der Waals surface area (Å²) in [6, 6.07) is 5.25. The van der Waals surface area contributed by atoms with E-state index in [2.05, 4.69) is 12.2 Å². The molecule has 0 aliphatic heterocycles. The van der Waals surface area contributed by atoms with Crippen LogP contribution in [0.2, 0.25) is 0 Å². The number of hydrogen-bond acceptors (Lipinski definition) is 6. The van der Waals surface area contributed by atoms with Gasteiger partial charge in [0.05, 0.1) is 0 Å². The molecular formula is C25H32NO6-. The number of hydrogen-bond donors (Lipinski definition) is 1. The van der Waals surface area contributed by atoms with Gasteiger partial charge in [0.15, 0.2) is 6.10 Å². The number of aliphatic carboxylic acids is 1. The highest BCUT2D eigenvalue weighted by atomic mass is 16.5. The quantitative estimate of drug-likeness (QED) is 0.598. The summed E-state index contributed by atoms with van der Waals surface area (Å²) >= 11 is 0. The van der Waals surface area contributed by atoms with E-state index in [1.54, 1.807) is 13.0 Å². The molecule has 0 spiro atoms. The van der Waals surface area contributed by atoms with Gasteiger partial charge in [-0.3, -0.25) is 4.79 Å². The normalized spacial score (nSPS) is 19.5. The number of nitrogens with one attached hydrogen (secondary N) is 1. The van der Waals surface area contributed by atoms with E-state index in [9.17, 15) is 19.5 Å². The van der Waals surface area contributed by atoms with Gasteiger partial charge in [0.1, 0.15) is 11.3 Å². The number of amides is 1. The first-order chi connectivity index (χ1) is 15.3. The van der Waals surface area contributed by atoms with Crippen molar-refractivity contribution in [2.75, 3.05) is 6.54 Å². The Morgan fingerprint density at radius 3 is 2.62 bits per heavy atom. The smallest absolute Gasteiger partial charge is 0.336 e. The summed E-state index contributed by atoms with van der Waals surface area (Å²) in [5.41, 5.74) is 1.77. The molecule has 32 heavy (non-hydrogen) atoms. The Kier molecular flexibility index (Phi) is 7.94. The van der Waals surface area contributed by atoms with Crippen molar-refractivity contribution in [2.45, 2.75) is 71.8 Å². The van der Waals surface area contributed by atoms with E-state index in [0.29, 0.717) is 36.3 Å². The Morgan fingerprint density at radius 1 is 1.25 bits per heavy atom. The number of carbonyl (C=O) groups is 2. The first kappa shape index (κ1) is 23.8. The van der Waals surface area contributed by atoms with Crippen molar-refractivity contribution in [2.24, 2.45) is 11.8 Å². The summed E-state index contributed by atoms with van der Waals surface area (Å²) in [5.74, 6) is -0.814. The molecule has 7 nitrogen and oxygen atoms in total. The molecule has 1 atom stereocenters. The van der Waals surface area contributed by atoms with Gasteiger partial charge in [-0.15, -0.1) is 0 Å². The predicted octanol–water partition coefficient (Wildman–Crippen LogP) is 2.88. The number of ether oxygens (including phenoxy) is 1. The van der Waals surface area contributed by atoms with E-state index in [0.717, 1.165) is 43.1 Å². The minimum atomic E-state index is -0.978. The van der Waals surface area contributed by atoms with Gasteiger partial charge in [-0.05, 0) is 81.9 Å². The SMILES string of the molecule is CCCCc1cc(=O)oc2c(C)c(O[C@H](C)C(=O)NCC3CCC(C(=O)[O-])CC3)ccc12. The Bertz CT molecular complexity index is 1020. The zero-order valence-corrected chi connectivity index (χ0v) is 19.1. The molecule has 0 bridgehead atoms. The second-order valence-corrected chi connectivity index (χ2v) is 8.80. The molecule has 1 amide bonds. The van der Waals surface area contributed by atoms with Gasteiger partial charge in [-0.1, -0.05) is 13.3 Å². The van der Waals surface area contributed by atoms with Crippen LogP contribution in [-0.2, 0) is 16.0 Å². The van der Waals surface area contributed by atoms with Crippen LogP contribution in [0.25, 0.3) is 11.0 Å². The van der Waals surface area contributed by atoms with Gasteiger partial charge in [0.25, 0.3) is 5.91 Å². The topological polar surface area (TPSA) is 109 Å². The largest absolute Gasteiger partial charge is 0.550 e. The van der Waals surface area contributed by atoms with Crippen LogP contribution in [0.5, 0.6) is 5.75 Å². The standard InChI is InChI=1S/C25H33NO6/c1-4-5-6-19-13-22(27)32-23-15(2)21(12-11-20(19)23)31-16(3)24(28)26-14-17-7-9-18(10-8-17)25(29)30/h11-13,16-18H,4-10,14H2,1-3H3,(H,26,28)(H,29,30)/p-1/t16-,17?,18?/m1/s1. The minimum absolute atomic E-state index is 0.232. The highest BCUT2D eigenvalue weighted by molar-refractivity contribution is 5.85. The third-order valence-electron chi connectivity index (χ3n) is 6.41. The van der Waals surface area contributed by atoms with Crippen molar-refractivity contribution in [3.8, 4) is 5.75 Å². The molecule has 0 radical (unpaired) electrons. The zero-order valence-electron chi connectivity index (χ0n) is 19.1. The molecular weight excluding hydrogens is 410 g/mol. The lowest BCUT2D eigenvalue weighted by atomic mass is 9.82. The molecule has 0 saturated heterocycles. The van der Waals surface area contributed by atoms with Crippen molar-refractivity contribution in [1.82, 2.24) is 5.32 Å². The maximum absolute atomic E-state index is 12.6. The summed E-state index contributed by atoms with van der Waals surface area (Å²) in [5, 5.41) is 14.8. The monoisotopic (exact) mass is 442 g/mol. The third-order valence-corrected chi connectivity index (χ3v) is 6.41. The number of benzene rings is 1. The van der Waals surface area contributed by atoms with Gasteiger partial charge in [0, 0.05) is 29.5 Å². The Balaban J connectivity index is 1.63.